The fourth-order valence-corrected chi connectivity index (χ4v) is 2.59. The van der Waals surface area contributed by atoms with E-state index in [1.807, 2.05) is 0 Å². The van der Waals surface area contributed by atoms with Gasteiger partial charge in [0, 0.05) is 27.9 Å². The summed E-state index contributed by atoms with van der Waals surface area (Å²) in [5, 5.41) is 0. The molecule has 0 N–H and O–H groups in total. The molecule has 2 heterocycles. The Hall–Kier alpha value is -2.52. The maximum Gasteiger partial charge on any atom is 0.328 e. The van der Waals surface area contributed by atoms with Gasteiger partial charge < -0.3 is 19.3 Å². The molecule has 0 aromatic rings. The van der Waals surface area contributed by atoms with Gasteiger partial charge in [-0.3, -0.25) is 19.4 Å². The van der Waals surface area contributed by atoms with Crippen LogP contribution >= 0.6 is 0 Å². The van der Waals surface area contributed by atoms with E-state index in [1.165, 1.54) is 33.4 Å². The Morgan fingerprint density at radius 1 is 0.864 bits per heavy atom. The highest BCUT2D eigenvalue weighted by Gasteiger charge is 2.57. The lowest BCUT2D eigenvalue weighted by Gasteiger charge is -2.26. The summed E-state index contributed by atoms with van der Waals surface area (Å²) < 4.78 is 9.74. The van der Waals surface area contributed by atoms with Gasteiger partial charge in [0.15, 0.2) is 25.8 Å². The highest BCUT2D eigenvalue weighted by molar-refractivity contribution is 5.85. The van der Waals surface area contributed by atoms with Gasteiger partial charge in [0.2, 0.25) is 0 Å². The van der Waals surface area contributed by atoms with Gasteiger partial charge in [-0.1, -0.05) is 0 Å². The standard InChI is InChI=1S/C12H18N4O6/c1-7(17)21-5-15-9-10(14(4)11(19)13(9)3)16(12(15)20)6-22-8(2)18/h9-10H,5-6H2,1-4H3. The molecule has 0 aromatic carbocycles. The van der Waals surface area contributed by atoms with E-state index in [2.05, 4.69) is 0 Å². The predicted octanol–water partition coefficient (Wildman–Crippen LogP) is -0.585. The van der Waals surface area contributed by atoms with Crippen LogP contribution in [0.25, 0.3) is 0 Å². The Morgan fingerprint density at radius 2 is 1.23 bits per heavy atom. The van der Waals surface area contributed by atoms with Crippen LogP contribution in [0.2, 0.25) is 0 Å². The van der Waals surface area contributed by atoms with E-state index in [1.54, 1.807) is 14.1 Å². The zero-order valence-corrected chi connectivity index (χ0v) is 12.8. The number of nitrogens with zero attached hydrogens (tertiary/aromatic N) is 4. The summed E-state index contributed by atoms with van der Waals surface area (Å²) in [5.74, 6) is -1.08. The van der Waals surface area contributed by atoms with Gasteiger partial charge in [-0.05, 0) is 0 Å². The SMILES string of the molecule is CC(=O)OCN1C(=O)N(COC(C)=O)C2C1N(C)C(=O)N2C. The summed E-state index contributed by atoms with van der Waals surface area (Å²) >= 11 is 0. The lowest BCUT2D eigenvalue weighted by Crippen LogP contribution is -2.46. The third-order valence-electron chi connectivity index (χ3n) is 3.61. The van der Waals surface area contributed by atoms with Crippen LogP contribution in [0.3, 0.4) is 0 Å². The first-order valence-electron chi connectivity index (χ1n) is 6.59. The summed E-state index contributed by atoms with van der Waals surface area (Å²) in [5.41, 5.74) is 0. The number of amides is 4. The zero-order chi connectivity index (χ0) is 16.6. The highest BCUT2D eigenvalue weighted by atomic mass is 16.6. The van der Waals surface area contributed by atoms with Crippen molar-refractivity contribution in [1.29, 1.82) is 0 Å². The number of carbonyl (C=O) groups is 4. The van der Waals surface area contributed by atoms with Crippen LogP contribution in [-0.2, 0) is 19.1 Å². The second-order valence-electron chi connectivity index (χ2n) is 5.08. The summed E-state index contributed by atoms with van der Waals surface area (Å²) in [6, 6.07) is -0.771. The molecule has 2 aliphatic rings. The normalized spacial score (nSPS) is 24.0. The van der Waals surface area contributed by atoms with Crippen molar-refractivity contribution in [1.82, 2.24) is 19.6 Å². The topological polar surface area (TPSA) is 99.7 Å². The van der Waals surface area contributed by atoms with Crippen molar-refractivity contribution < 1.29 is 28.7 Å². The number of carbonyl (C=O) groups excluding carboxylic acids is 4. The molecule has 122 valence electrons. The molecule has 0 saturated carbocycles. The van der Waals surface area contributed by atoms with Crippen molar-refractivity contribution in [3.05, 3.63) is 0 Å². The Kier molecular flexibility index (Phi) is 4.11. The Bertz CT molecular complexity index is 482. The highest BCUT2D eigenvalue weighted by Crippen LogP contribution is 2.32. The van der Waals surface area contributed by atoms with E-state index < -0.39 is 30.3 Å². The molecule has 2 rings (SSSR count). The first-order valence-corrected chi connectivity index (χ1v) is 6.59. The molecule has 0 radical (unpaired) electrons. The van der Waals surface area contributed by atoms with Crippen LogP contribution in [0.15, 0.2) is 0 Å². The van der Waals surface area contributed by atoms with Crippen molar-refractivity contribution in [3.63, 3.8) is 0 Å². The van der Waals surface area contributed by atoms with E-state index in [0.717, 1.165) is 0 Å². The summed E-state index contributed by atoms with van der Waals surface area (Å²) in [4.78, 5) is 51.7. The molecule has 4 amide bonds. The van der Waals surface area contributed by atoms with Gasteiger partial charge in [-0.2, -0.15) is 0 Å². The van der Waals surface area contributed by atoms with E-state index in [4.69, 9.17) is 9.47 Å². The minimum Gasteiger partial charge on any atom is -0.444 e. The molecular formula is C12H18N4O6. The monoisotopic (exact) mass is 314 g/mol. The Balaban J connectivity index is 2.24. The van der Waals surface area contributed by atoms with Crippen LogP contribution < -0.4 is 0 Å². The number of rotatable bonds is 4. The molecule has 10 heteroatoms. The first kappa shape index (κ1) is 15.9. The Morgan fingerprint density at radius 3 is 1.55 bits per heavy atom. The number of esters is 2. The quantitative estimate of drug-likeness (QED) is 0.643. The van der Waals surface area contributed by atoms with Gasteiger partial charge in [-0.25, -0.2) is 9.59 Å². The minimum atomic E-state index is -0.625. The molecule has 2 unspecified atom stereocenters. The second-order valence-corrected chi connectivity index (χ2v) is 5.08. The predicted molar refractivity (Wildman–Crippen MR) is 70.8 cm³/mol. The molecule has 2 saturated heterocycles. The van der Waals surface area contributed by atoms with Gasteiger partial charge in [0.1, 0.15) is 0 Å². The molecule has 10 nitrogen and oxygen atoms in total. The molecule has 2 fully saturated rings. The lowest BCUT2D eigenvalue weighted by atomic mass is 10.3. The van der Waals surface area contributed by atoms with Crippen LogP contribution in [0.4, 0.5) is 9.59 Å². The molecule has 2 aliphatic heterocycles. The van der Waals surface area contributed by atoms with Gasteiger partial charge in [0.25, 0.3) is 0 Å². The molecule has 0 aromatic heterocycles. The van der Waals surface area contributed by atoms with Crippen molar-refractivity contribution in [2.24, 2.45) is 0 Å². The molecule has 0 aliphatic carbocycles. The third-order valence-corrected chi connectivity index (χ3v) is 3.61. The number of likely N-dealkylation sites (N-methyl/N-ethyl adjacent to an activating group) is 2. The van der Waals surface area contributed by atoms with Gasteiger partial charge in [0.05, 0.1) is 0 Å². The lowest BCUT2D eigenvalue weighted by molar-refractivity contribution is -0.146. The molecular weight excluding hydrogens is 296 g/mol. The maximum atomic E-state index is 12.4. The van der Waals surface area contributed by atoms with E-state index >= 15 is 0 Å². The van der Waals surface area contributed by atoms with Gasteiger partial charge in [-0.15, -0.1) is 0 Å². The van der Waals surface area contributed by atoms with E-state index in [-0.39, 0.29) is 19.5 Å². The Labute approximate surface area is 127 Å². The average Bonchev–Trinajstić information content (AvgIpc) is 2.83. The average molecular weight is 314 g/mol. The maximum absolute atomic E-state index is 12.4. The fourth-order valence-electron chi connectivity index (χ4n) is 2.59. The van der Waals surface area contributed by atoms with E-state index in [9.17, 15) is 19.2 Å². The minimum absolute atomic E-state index is 0.280. The molecule has 0 spiro atoms. The summed E-state index contributed by atoms with van der Waals surface area (Å²) in [7, 11) is 3.10. The number of fused-ring (bicyclic) bond motifs is 1. The van der Waals surface area contributed by atoms with Crippen LogP contribution in [-0.4, -0.2) is 83.5 Å². The number of hydrogen-bond donors (Lipinski definition) is 0. The fraction of sp³-hybridized carbons (Fsp3) is 0.667. The summed E-state index contributed by atoms with van der Waals surface area (Å²) in [6.07, 6.45) is -1.25. The molecule has 2 atom stereocenters. The van der Waals surface area contributed by atoms with E-state index in [0.29, 0.717) is 0 Å². The van der Waals surface area contributed by atoms with Crippen LogP contribution in [0.5, 0.6) is 0 Å². The van der Waals surface area contributed by atoms with Gasteiger partial charge >= 0.3 is 24.0 Å². The van der Waals surface area contributed by atoms with Crippen molar-refractivity contribution in [2.75, 3.05) is 27.6 Å². The third kappa shape index (κ3) is 2.51. The smallest absolute Gasteiger partial charge is 0.328 e. The first-order chi connectivity index (χ1) is 10.3. The number of ether oxygens (including phenoxy) is 2. The number of urea groups is 2. The number of hydrogen-bond acceptors (Lipinski definition) is 6. The zero-order valence-electron chi connectivity index (χ0n) is 12.8. The largest absolute Gasteiger partial charge is 0.444 e. The molecule has 0 bridgehead atoms. The van der Waals surface area contributed by atoms with Crippen LogP contribution in [0.1, 0.15) is 13.8 Å². The van der Waals surface area contributed by atoms with Crippen molar-refractivity contribution >= 4 is 24.0 Å². The van der Waals surface area contributed by atoms with Crippen molar-refractivity contribution in [3.8, 4) is 0 Å². The molecule has 22 heavy (non-hydrogen) atoms. The van der Waals surface area contributed by atoms with Crippen LogP contribution in [0, 0.1) is 0 Å². The summed E-state index contributed by atoms with van der Waals surface area (Å²) in [6.45, 7) is 1.89. The van der Waals surface area contributed by atoms with Crippen molar-refractivity contribution in [2.45, 2.75) is 26.2 Å². The second kappa shape index (κ2) is 5.70.